The van der Waals surface area contributed by atoms with Gasteiger partial charge in [-0.2, -0.15) is 5.26 Å². The highest BCUT2D eigenvalue weighted by Crippen LogP contribution is 2.31. The van der Waals surface area contributed by atoms with Gasteiger partial charge in [0.15, 0.2) is 0 Å². The maximum absolute atomic E-state index is 13.5. The maximum Gasteiger partial charge on any atom is 0.796 e. The number of carbonyl (C=O) groups is 1. The molecule has 0 atom stereocenters. The predicted octanol–water partition coefficient (Wildman–Crippen LogP) is 9.67. The van der Waals surface area contributed by atoms with Crippen LogP contribution in [-0.4, -0.2) is 13.3 Å². The Morgan fingerprint density at radius 1 is 0.619 bits per heavy atom. The van der Waals surface area contributed by atoms with Gasteiger partial charge in [0.25, 0.3) is 0 Å². The van der Waals surface area contributed by atoms with E-state index >= 15 is 0 Å². The number of Topliss-reactive ketones (excluding diaryl/α,β-unsaturated/α-hetero) is 1. The van der Waals surface area contributed by atoms with Crippen molar-refractivity contribution in [2.24, 2.45) is 0 Å². The summed E-state index contributed by atoms with van der Waals surface area (Å²) in [5.74, 6) is -1.14. The highest BCUT2D eigenvalue weighted by atomic mass is 19.2. The molecule has 3 nitrogen and oxygen atoms in total. The number of nitrogens with zero attached hydrogens (tertiary/aromatic N) is 1. The summed E-state index contributed by atoms with van der Waals surface area (Å²) in [6.07, 6.45) is 0. The summed E-state index contributed by atoms with van der Waals surface area (Å²) in [5.41, 5.74) is 6.08. The Labute approximate surface area is 247 Å². The molecule has 0 fully saturated rings. The molecule has 6 heteroatoms. The van der Waals surface area contributed by atoms with Crippen LogP contribution in [0.4, 0.5) is 8.63 Å². The molecule has 0 aliphatic carbocycles. The van der Waals surface area contributed by atoms with Crippen LogP contribution in [-0.2, 0) is 15.5 Å². The minimum Gasteiger partial charge on any atom is -0.503 e. The van der Waals surface area contributed by atoms with Crippen LogP contribution in [0.15, 0.2) is 103 Å². The first-order chi connectivity index (χ1) is 19.8. The average molecular weight is 561 g/mol. The van der Waals surface area contributed by atoms with Crippen LogP contribution in [0.1, 0.15) is 68.6 Å². The Hall–Kier alpha value is -4.50. The molecule has 0 N–H and O–H groups in total. The molecule has 0 bridgehead atoms. The second kappa shape index (κ2) is 12.2. The maximum atomic E-state index is 13.5. The topological polar surface area (TPSA) is 50.1 Å². The monoisotopic (exact) mass is 561 g/mol. The highest BCUT2D eigenvalue weighted by molar-refractivity contribution is 6.36. The van der Waals surface area contributed by atoms with Gasteiger partial charge in [-0.1, -0.05) is 139 Å². The Balaban J connectivity index is 1.63. The lowest BCUT2D eigenvalue weighted by molar-refractivity contribution is 0.103. The zero-order chi connectivity index (χ0) is 30.7. The molecule has 4 aromatic carbocycles. The van der Waals surface area contributed by atoms with Crippen LogP contribution in [0.2, 0.25) is 0 Å². The van der Waals surface area contributed by atoms with Gasteiger partial charge in [0.2, 0.25) is 5.78 Å². The largest absolute Gasteiger partial charge is 0.796 e. The van der Waals surface area contributed by atoms with E-state index in [1.54, 1.807) is 48.5 Å². The molecule has 0 saturated carbocycles. The molecular formula is C36H34BF2NO2. The summed E-state index contributed by atoms with van der Waals surface area (Å²) in [4.78, 5) is 13.4. The Bertz CT molecular complexity index is 1620. The van der Waals surface area contributed by atoms with Crippen molar-refractivity contribution in [3.63, 3.8) is 0 Å². The molecular weight excluding hydrogens is 527 g/mol. The molecule has 0 spiro atoms. The molecule has 0 aliphatic heterocycles. The highest BCUT2D eigenvalue weighted by Gasteiger charge is 2.27. The van der Waals surface area contributed by atoms with Crippen molar-refractivity contribution in [1.29, 1.82) is 5.26 Å². The quantitative estimate of drug-likeness (QED) is 0.0742. The average Bonchev–Trinajstić information content (AvgIpc) is 2.96. The number of nitriles is 1. The zero-order valence-electron chi connectivity index (χ0n) is 24.8. The minimum atomic E-state index is -3.21. The minimum absolute atomic E-state index is 0.0208. The second-order valence-corrected chi connectivity index (χ2v) is 12.3. The van der Waals surface area contributed by atoms with Gasteiger partial charge in [0.1, 0.15) is 17.4 Å². The van der Waals surface area contributed by atoms with Crippen LogP contribution >= 0.6 is 0 Å². The van der Waals surface area contributed by atoms with E-state index in [9.17, 15) is 18.7 Å². The van der Waals surface area contributed by atoms with E-state index in [1.807, 2.05) is 30.3 Å². The Morgan fingerprint density at radius 2 is 0.952 bits per heavy atom. The predicted molar refractivity (Wildman–Crippen MR) is 167 cm³/mol. The number of ketones is 1. The first-order valence-electron chi connectivity index (χ1n) is 13.8. The number of allylic oxidation sites excluding steroid dienone is 1. The van der Waals surface area contributed by atoms with Gasteiger partial charge in [-0.05, 0) is 44.2 Å². The Kier molecular flexibility index (Phi) is 8.82. The van der Waals surface area contributed by atoms with E-state index in [4.69, 9.17) is 4.65 Å². The van der Waals surface area contributed by atoms with E-state index in [-0.39, 0.29) is 22.0 Å². The van der Waals surface area contributed by atoms with E-state index in [0.717, 1.165) is 22.3 Å². The van der Waals surface area contributed by atoms with Crippen LogP contribution in [0, 0.1) is 11.3 Å². The summed E-state index contributed by atoms with van der Waals surface area (Å²) in [7, 11) is -3.21. The molecule has 4 aromatic rings. The van der Waals surface area contributed by atoms with Crippen LogP contribution in [0.5, 0.6) is 0 Å². The van der Waals surface area contributed by atoms with Crippen LogP contribution in [0.25, 0.3) is 28.0 Å². The summed E-state index contributed by atoms with van der Waals surface area (Å²) in [6, 6.07) is 31.6. The molecule has 0 heterocycles. The molecule has 0 aliphatic rings. The summed E-state index contributed by atoms with van der Waals surface area (Å²) < 4.78 is 31.7. The molecule has 212 valence electrons. The van der Waals surface area contributed by atoms with Gasteiger partial charge < -0.3 is 4.65 Å². The van der Waals surface area contributed by atoms with Crippen molar-refractivity contribution in [3.8, 4) is 28.3 Å². The fourth-order valence-electron chi connectivity index (χ4n) is 4.66. The van der Waals surface area contributed by atoms with Crippen molar-refractivity contribution in [2.75, 3.05) is 0 Å². The lowest BCUT2D eigenvalue weighted by Crippen LogP contribution is -2.11. The molecule has 42 heavy (non-hydrogen) atoms. The third-order valence-corrected chi connectivity index (χ3v) is 7.24. The van der Waals surface area contributed by atoms with Gasteiger partial charge >= 0.3 is 7.47 Å². The first-order valence-corrected chi connectivity index (χ1v) is 13.8. The number of rotatable bonds is 7. The van der Waals surface area contributed by atoms with Gasteiger partial charge in [-0.3, -0.25) is 4.79 Å². The van der Waals surface area contributed by atoms with Crippen LogP contribution in [0.3, 0.4) is 0 Å². The van der Waals surface area contributed by atoms with E-state index in [2.05, 4.69) is 65.8 Å². The molecule has 0 aromatic heterocycles. The molecule has 0 amide bonds. The van der Waals surface area contributed by atoms with Crippen molar-refractivity contribution >= 4 is 19.0 Å². The van der Waals surface area contributed by atoms with E-state index in [1.165, 1.54) is 11.1 Å². The van der Waals surface area contributed by atoms with E-state index < -0.39 is 24.6 Å². The van der Waals surface area contributed by atoms with Crippen molar-refractivity contribution in [1.82, 2.24) is 0 Å². The summed E-state index contributed by atoms with van der Waals surface area (Å²) in [6.45, 7) is 12.9. The van der Waals surface area contributed by atoms with Gasteiger partial charge in [0.05, 0.1) is 0 Å². The van der Waals surface area contributed by atoms with Crippen molar-refractivity contribution in [3.05, 3.63) is 125 Å². The standard InChI is InChI=1S/C36H34BF2NO2/c1-35(2,3)30-19-15-26(16-20-30)24-7-11-28(12-8-24)33(41)32(23-40)34(42-37(38)39)29-13-9-25(10-14-29)27-17-21-31(22-18-27)36(4,5)6/h7-22H,1-6H3/b34-32-. The van der Waals surface area contributed by atoms with Gasteiger partial charge in [0, 0.05) is 11.1 Å². The zero-order valence-corrected chi connectivity index (χ0v) is 24.8. The third-order valence-electron chi connectivity index (χ3n) is 7.24. The first kappa shape index (κ1) is 30.5. The van der Waals surface area contributed by atoms with E-state index in [0.29, 0.717) is 0 Å². The fraction of sp³-hybridized carbons (Fsp3) is 0.222. The number of hydrogen-bond acceptors (Lipinski definition) is 3. The smallest absolute Gasteiger partial charge is 0.503 e. The molecule has 0 unspecified atom stereocenters. The molecule has 0 saturated heterocycles. The number of carbonyl (C=O) groups excluding carboxylic acids is 1. The lowest BCUT2D eigenvalue weighted by atomic mass is 9.86. The summed E-state index contributed by atoms with van der Waals surface area (Å²) >= 11 is 0. The van der Waals surface area contributed by atoms with Crippen LogP contribution < -0.4 is 0 Å². The lowest BCUT2D eigenvalue weighted by Gasteiger charge is -2.19. The molecule has 0 radical (unpaired) electrons. The molecule has 4 rings (SSSR count). The van der Waals surface area contributed by atoms with Gasteiger partial charge in [-0.25, -0.2) is 8.63 Å². The number of benzene rings is 4. The SMILES string of the molecule is CC(C)(C)c1ccc(-c2ccc(C(=O)/C(C#N)=C(\OB(F)F)c3ccc(-c4ccc(C(C)(C)C)cc4)cc3)cc2)cc1. The number of hydrogen-bond donors (Lipinski definition) is 0. The van der Waals surface area contributed by atoms with Gasteiger partial charge in [-0.15, -0.1) is 0 Å². The number of halogens is 2. The van der Waals surface area contributed by atoms with Crippen molar-refractivity contribution in [2.45, 2.75) is 52.4 Å². The third kappa shape index (κ3) is 7.04. The fourth-order valence-corrected chi connectivity index (χ4v) is 4.66. The Morgan fingerprint density at radius 3 is 1.26 bits per heavy atom. The normalized spacial score (nSPS) is 12.3. The second-order valence-electron chi connectivity index (χ2n) is 12.3. The summed E-state index contributed by atoms with van der Waals surface area (Å²) in [5, 5.41) is 9.90. The van der Waals surface area contributed by atoms with Crippen molar-refractivity contribution < 1.29 is 18.1 Å².